The molecule has 3 nitrogen and oxygen atoms in total. The maximum absolute atomic E-state index is 10.2. The highest BCUT2D eigenvalue weighted by Gasteiger charge is 2.13. The lowest BCUT2D eigenvalue weighted by Gasteiger charge is -2.10. The maximum Gasteiger partial charge on any atom is 0.122 e. The summed E-state index contributed by atoms with van der Waals surface area (Å²) in [5.41, 5.74) is 4.39. The van der Waals surface area contributed by atoms with Crippen molar-refractivity contribution in [1.29, 1.82) is 0 Å². The molecule has 1 aromatic heterocycles. The van der Waals surface area contributed by atoms with Crippen molar-refractivity contribution in [3.63, 3.8) is 0 Å². The molecule has 3 heteroatoms. The van der Waals surface area contributed by atoms with Crippen molar-refractivity contribution in [2.75, 3.05) is 6.61 Å². The number of ether oxygens (including phenoxy) is 1. The number of aryl methyl sites for hydroxylation is 2. The van der Waals surface area contributed by atoms with Crippen LogP contribution in [0.5, 0.6) is 5.75 Å². The highest BCUT2D eigenvalue weighted by Crippen LogP contribution is 2.27. The number of benzene rings is 1. The Hall–Kier alpha value is -1.87. The Morgan fingerprint density at radius 1 is 1.30 bits per heavy atom. The minimum Gasteiger partial charge on any atom is -0.493 e. The SMILES string of the molecule is Cc1ccc(C(O)CCc2ccc3c(c2)CCO3)nc1. The Bertz CT molecular complexity index is 592. The van der Waals surface area contributed by atoms with Crippen molar-refractivity contribution >= 4 is 0 Å². The molecule has 1 aromatic carbocycles. The van der Waals surface area contributed by atoms with Gasteiger partial charge in [0.05, 0.1) is 18.4 Å². The van der Waals surface area contributed by atoms with Gasteiger partial charge >= 0.3 is 0 Å². The van der Waals surface area contributed by atoms with Gasteiger partial charge in [-0.15, -0.1) is 0 Å². The number of aromatic nitrogens is 1. The molecule has 2 heterocycles. The second kappa shape index (κ2) is 5.63. The zero-order valence-electron chi connectivity index (χ0n) is 11.7. The van der Waals surface area contributed by atoms with Gasteiger partial charge < -0.3 is 9.84 Å². The molecule has 20 heavy (non-hydrogen) atoms. The lowest BCUT2D eigenvalue weighted by atomic mass is 10.0. The van der Waals surface area contributed by atoms with E-state index in [0.717, 1.165) is 36.5 Å². The number of hydrogen-bond donors (Lipinski definition) is 1. The van der Waals surface area contributed by atoms with Crippen LogP contribution in [0.15, 0.2) is 36.5 Å². The average molecular weight is 269 g/mol. The van der Waals surface area contributed by atoms with E-state index >= 15 is 0 Å². The number of rotatable bonds is 4. The molecular formula is C17H19NO2. The highest BCUT2D eigenvalue weighted by atomic mass is 16.5. The summed E-state index contributed by atoms with van der Waals surface area (Å²) in [6.45, 7) is 2.78. The number of nitrogens with zero attached hydrogens (tertiary/aromatic N) is 1. The number of aliphatic hydroxyl groups is 1. The molecule has 0 aliphatic carbocycles. The van der Waals surface area contributed by atoms with Gasteiger partial charge in [-0.25, -0.2) is 0 Å². The Balaban J connectivity index is 1.63. The van der Waals surface area contributed by atoms with E-state index < -0.39 is 6.10 Å². The van der Waals surface area contributed by atoms with E-state index in [9.17, 15) is 5.11 Å². The fourth-order valence-electron chi connectivity index (χ4n) is 2.52. The van der Waals surface area contributed by atoms with Crippen molar-refractivity contribution in [1.82, 2.24) is 4.98 Å². The number of pyridine rings is 1. The molecule has 0 amide bonds. The standard InChI is InChI=1S/C17H19NO2/c1-12-2-5-15(18-11-12)16(19)6-3-13-4-7-17-14(10-13)8-9-20-17/h2,4-5,7,10-11,16,19H,3,6,8-9H2,1H3. The van der Waals surface area contributed by atoms with E-state index in [-0.39, 0.29) is 0 Å². The van der Waals surface area contributed by atoms with Crippen molar-refractivity contribution in [3.8, 4) is 5.75 Å². The van der Waals surface area contributed by atoms with E-state index in [2.05, 4.69) is 17.1 Å². The molecule has 0 radical (unpaired) electrons. The third-order valence-corrected chi connectivity index (χ3v) is 3.74. The summed E-state index contributed by atoms with van der Waals surface area (Å²) >= 11 is 0. The second-order valence-corrected chi connectivity index (χ2v) is 5.36. The molecule has 1 unspecified atom stereocenters. The minimum absolute atomic E-state index is 0.500. The van der Waals surface area contributed by atoms with Crippen LogP contribution in [-0.2, 0) is 12.8 Å². The van der Waals surface area contributed by atoms with Crippen LogP contribution >= 0.6 is 0 Å². The Kier molecular flexibility index (Phi) is 3.70. The van der Waals surface area contributed by atoms with Crippen LogP contribution in [0.3, 0.4) is 0 Å². The van der Waals surface area contributed by atoms with Gasteiger partial charge in [-0.3, -0.25) is 4.98 Å². The third kappa shape index (κ3) is 2.83. The molecule has 1 atom stereocenters. The zero-order chi connectivity index (χ0) is 13.9. The lowest BCUT2D eigenvalue weighted by molar-refractivity contribution is 0.163. The number of fused-ring (bicyclic) bond motifs is 1. The summed E-state index contributed by atoms with van der Waals surface area (Å²) in [6, 6.07) is 10.2. The molecule has 3 rings (SSSR count). The van der Waals surface area contributed by atoms with Gasteiger partial charge in [0.1, 0.15) is 5.75 Å². The van der Waals surface area contributed by atoms with Crippen LogP contribution in [0.25, 0.3) is 0 Å². The first kappa shape index (κ1) is 13.1. The summed E-state index contributed by atoms with van der Waals surface area (Å²) in [4.78, 5) is 4.28. The quantitative estimate of drug-likeness (QED) is 0.927. The Morgan fingerprint density at radius 3 is 3.00 bits per heavy atom. The Labute approximate surface area is 119 Å². The minimum atomic E-state index is -0.500. The topological polar surface area (TPSA) is 42.4 Å². The number of hydrogen-bond acceptors (Lipinski definition) is 3. The summed E-state index contributed by atoms with van der Waals surface area (Å²) in [7, 11) is 0. The monoisotopic (exact) mass is 269 g/mol. The van der Waals surface area contributed by atoms with Gasteiger partial charge in [0, 0.05) is 12.6 Å². The molecule has 2 aromatic rings. The molecule has 1 aliphatic heterocycles. The van der Waals surface area contributed by atoms with Crippen LogP contribution in [0.2, 0.25) is 0 Å². The van der Waals surface area contributed by atoms with Gasteiger partial charge in [0.25, 0.3) is 0 Å². The molecule has 1 aliphatic rings. The van der Waals surface area contributed by atoms with Gasteiger partial charge in [-0.1, -0.05) is 18.2 Å². The van der Waals surface area contributed by atoms with E-state index in [0.29, 0.717) is 6.42 Å². The highest BCUT2D eigenvalue weighted by molar-refractivity contribution is 5.39. The van der Waals surface area contributed by atoms with Gasteiger partial charge in [0.2, 0.25) is 0 Å². The van der Waals surface area contributed by atoms with Crippen LogP contribution in [-0.4, -0.2) is 16.7 Å². The van der Waals surface area contributed by atoms with Gasteiger partial charge in [-0.2, -0.15) is 0 Å². The van der Waals surface area contributed by atoms with E-state index in [1.54, 1.807) is 6.20 Å². The molecular weight excluding hydrogens is 250 g/mol. The molecule has 0 fully saturated rings. The first-order valence-electron chi connectivity index (χ1n) is 7.07. The lowest BCUT2D eigenvalue weighted by Crippen LogP contribution is -2.02. The first-order chi connectivity index (χ1) is 9.72. The third-order valence-electron chi connectivity index (χ3n) is 3.74. The summed E-state index contributed by atoms with van der Waals surface area (Å²) < 4.78 is 5.50. The predicted molar refractivity (Wildman–Crippen MR) is 77.9 cm³/mol. The fraction of sp³-hybridized carbons (Fsp3) is 0.353. The van der Waals surface area contributed by atoms with E-state index in [4.69, 9.17) is 4.74 Å². The van der Waals surface area contributed by atoms with Gasteiger partial charge in [0.15, 0.2) is 0 Å². The summed E-state index contributed by atoms with van der Waals surface area (Å²) in [5.74, 6) is 1.01. The second-order valence-electron chi connectivity index (χ2n) is 5.36. The largest absolute Gasteiger partial charge is 0.493 e. The molecule has 0 saturated carbocycles. The van der Waals surface area contributed by atoms with Crippen molar-refractivity contribution < 1.29 is 9.84 Å². The Morgan fingerprint density at radius 2 is 2.20 bits per heavy atom. The van der Waals surface area contributed by atoms with E-state index in [1.807, 2.05) is 25.1 Å². The zero-order valence-corrected chi connectivity index (χ0v) is 11.7. The number of aliphatic hydroxyl groups excluding tert-OH is 1. The molecule has 0 saturated heterocycles. The van der Waals surface area contributed by atoms with E-state index in [1.165, 1.54) is 11.1 Å². The molecule has 104 valence electrons. The normalized spacial score (nSPS) is 14.7. The molecule has 0 bridgehead atoms. The van der Waals surface area contributed by atoms with Gasteiger partial charge in [-0.05, 0) is 48.6 Å². The molecule has 1 N–H and O–H groups in total. The maximum atomic E-state index is 10.2. The first-order valence-corrected chi connectivity index (χ1v) is 7.07. The van der Waals surface area contributed by atoms with Crippen molar-refractivity contribution in [2.45, 2.75) is 32.3 Å². The van der Waals surface area contributed by atoms with Crippen molar-refractivity contribution in [2.24, 2.45) is 0 Å². The fourth-order valence-corrected chi connectivity index (χ4v) is 2.52. The van der Waals surface area contributed by atoms with Crippen LogP contribution in [0, 0.1) is 6.92 Å². The van der Waals surface area contributed by atoms with Crippen LogP contribution < -0.4 is 4.74 Å². The average Bonchev–Trinajstić information content (AvgIpc) is 2.93. The van der Waals surface area contributed by atoms with Crippen molar-refractivity contribution in [3.05, 3.63) is 58.9 Å². The van der Waals surface area contributed by atoms with Crippen LogP contribution in [0.1, 0.15) is 34.9 Å². The molecule has 0 spiro atoms. The summed E-state index contributed by atoms with van der Waals surface area (Å²) in [5, 5.41) is 10.2. The predicted octanol–water partition coefficient (Wildman–Crippen LogP) is 2.99. The smallest absolute Gasteiger partial charge is 0.122 e. The summed E-state index contributed by atoms with van der Waals surface area (Å²) in [6.07, 6.45) is 3.83. The van der Waals surface area contributed by atoms with Crippen LogP contribution in [0.4, 0.5) is 0 Å².